The fraction of sp³-hybridized carbons (Fsp3) is 0.0870. The van der Waals surface area contributed by atoms with Gasteiger partial charge in [-0.05, 0) is 90.0 Å². The largest absolute Gasteiger partial charge is 0.298 e. The molecular formula is C23H18IN3OS2. The summed E-state index contributed by atoms with van der Waals surface area (Å²) >= 11 is 5.52. The van der Waals surface area contributed by atoms with Crippen molar-refractivity contribution in [3.8, 4) is 11.3 Å². The van der Waals surface area contributed by atoms with Crippen LogP contribution in [-0.4, -0.2) is 15.9 Å². The summed E-state index contributed by atoms with van der Waals surface area (Å²) in [5.74, 6) is -0.184. The number of halogens is 1. The average molecular weight is 543 g/mol. The Bertz CT molecular complexity index is 1190. The molecule has 0 spiro atoms. The number of carbonyl (C=O) groups is 1. The quantitative estimate of drug-likeness (QED) is 0.281. The fourth-order valence-corrected chi connectivity index (χ4v) is 5.70. The van der Waals surface area contributed by atoms with E-state index < -0.39 is 0 Å². The number of hydrogen-bond donors (Lipinski definition) is 1. The number of hydrogen-bond acceptors (Lipinski definition) is 5. The van der Waals surface area contributed by atoms with Crippen molar-refractivity contribution in [3.63, 3.8) is 0 Å². The minimum absolute atomic E-state index is 0.184. The van der Waals surface area contributed by atoms with Crippen LogP contribution in [0.25, 0.3) is 11.3 Å². The molecule has 4 nitrogen and oxygen atoms in total. The van der Waals surface area contributed by atoms with Crippen LogP contribution in [0.4, 0.5) is 5.13 Å². The third-order valence-corrected chi connectivity index (χ3v) is 6.85. The second-order valence-electron chi connectivity index (χ2n) is 6.72. The Morgan fingerprint density at radius 1 is 1.03 bits per heavy atom. The molecule has 0 bridgehead atoms. The Labute approximate surface area is 197 Å². The van der Waals surface area contributed by atoms with Crippen molar-refractivity contribution in [2.75, 3.05) is 5.32 Å². The Kier molecular flexibility index (Phi) is 6.50. The smallest absolute Gasteiger partial charge is 0.257 e. The monoisotopic (exact) mass is 543 g/mol. The third kappa shape index (κ3) is 4.91. The van der Waals surface area contributed by atoms with Crippen LogP contribution < -0.4 is 5.32 Å². The summed E-state index contributed by atoms with van der Waals surface area (Å²) in [5.41, 5.74) is 4.89. The van der Waals surface area contributed by atoms with Crippen LogP contribution in [0.1, 0.15) is 21.5 Å². The zero-order valence-electron chi connectivity index (χ0n) is 16.3. The van der Waals surface area contributed by atoms with Crippen molar-refractivity contribution >= 4 is 56.7 Å². The van der Waals surface area contributed by atoms with E-state index in [1.165, 1.54) is 35.8 Å². The molecule has 0 saturated heterocycles. The Balaban J connectivity index is 1.55. The molecule has 30 heavy (non-hydrogen) atoms. The minimum atomic E-state index is -0.184. The van der Waals surface area contributed by atoms with Gasteiger partial charge in [0.25, 0.3) is 5.91 Å². The number of nitrogens with one attached hydrogen (secondary N) is 1. The van der Waals surface area contributed by atoms with Gasteiger partial charge in [0.1, 0.15) is 0 Å². The molecule has 0 atom stereocenters. The number of amides is 1. The van der Waals surface area contributed by atoms with E-state index in [4.69, 9.17) is 0 Å². The van der Waals surface area contributed by atoms with Crippen molar-refractivity contribution in [2.45, 2.75) is 23.6 Å². The summed E-state index contributed by atoms with van der Waals surface area (Å²) in [6.45, 7) is 4.21. The summed E-state index contributed by atoms with van der Waals surface area (Å²) < 4.78 is 1.23. The van der Waals surface area contributed by atoms with Crippen LogP contribution in [0, 0.1) is 17.4 Å². The highest BCUT2D eigenvalue weighted by atomic mass is 127. The number of nitrogens with zero attached hydrogens (tertiary/aromatic N) is 2. The van der Waals surface area contributed by atoms with Crippen molar-refractivity contribution in [2.24, 2.45) is 0 Å². The summed E-state index contributed by atoms with van der Waals surface area (Å²) in [6.07, 6.45) is 3.20. The average Bonchev–Trinajstić information content (AvgIpc) is 3.16. The highest BCUT2D eigenvalue weighted by molar-refractivity contribution is 14.1. The predicted molar refractivity (Wildman–Crippen MR) is 132 cm³/mol. The molecule has 0 fully saturated rings. The summed E-state index contributed by atoms with van der Waals surface area (Å²) in [5, 5.41) is 5.45. The zero-order chi connectivity index (χ0) is 21.1. The van der Waals surface area contributed by atoms with Gasteiger partial charge in [-0.15, -0.1) is 11.3 Å². The van der Waals surface area contributed by atoms with Crippen LogP contribution >= 0.6 is 45.7 Å². The van der Waals surface area contributed by atoms with E-state index >= 15 is 0 Å². The molecule has 2 aromatic carbocycles. The van der Waals surface area contributed by atoms with E-state index in [0.29, 0.717) is 10.7 Å². The molecular weight excluding hydrogens is 525 g/mol. The van der Waals surface area contributed by atoms with E-state index in [1.54, 1.807) is 36.3 Å². The molecule has 2 aromatic heterocycles. The van der Waals surface area contributed by atoms with Gasteiger partial charge in [-0.25, -0.2) is 4.98 Å². The van der Waals surface area contributed by atoms with E-state index in [-0.39, 0.29) is 5.91 Å². The molecule has 0 radical (unpaired) electrons. The molecule has 4 aromatic rings. The van der Waals surface area contributed by atoms with Gasteiger partial charge < -0.3 is 0 Å². The number of aryl methyl sites for hydroxylation is 2. The molecule has 0 saturated carbocycles. The number of anilines is 1. The van der Waals surface area contributed by atoms with Crippen LogP contribution in [-0.2, 0) is 0 Å². The standard InChI is InChI=1S/C23H18IN3OS2/c1-14-10-19(30-18-5-3-4-17(24)12-18)11-15(2)21(14)20-13-29-23(26-20)27-22(28)16-6-8-25-9-7-16/h3-13H,1-2H3,(H,26,27,28). The van der Waals surface area contributed by atoms with E-state index in [1.807, 2.05) is 5.38 Å². The molecule has 2 heterocycles. The summed E-state index contributed by atoms with van der Waals surface area (Å²) in [7, 11) is 0. The molecule has 0 aliphatic carbocycles. The van der Waals surface area contributed by atoms with E-state index in [0.717, 1.165) is 11.3 Å². The number of benzene rings is 2. The molecule has 0 unspecified atom stereocenters. The maximum atomic E-state index is 12.4. The third-order valence-electron chi connectivity index (χ3n) is 4.46. The Morgan fingerprint density at radius 3 is 2.47 bits per heavy atom. The first-order valence-electron chi connectivity index (χ1n) is 9.21. The molecule has 4 rings (SSSR count). The number of carbonyl (C=O) groups excluding carboxylic acids is 1. The Morgan fingerprint density at radius 2 is 1.77 bits per heavy atom. The van der Waals surface area contributed by atoms with E-state index in [9.17, 15) is 4.79 Å². The van der Waals surface area contributed by atoms with Crippen molar-refractivity contribution in [1.82, 2.24) is 9.97 Å². The van der Waals surface area contributed by atoms with Gasteiger partial charge in [0.15, 0.2) is 5.13 Å². The summed E-state index contributed by atoms with van der Waals surface area (Å²) in [6, 6.07) is 16.2. The van der Waals surface area contributed by atoms with Gasteiger partial charge in [-0.2, -0.15) is 0 Å². The van der Waals surface area contributed by atoms with Crippen LogP contribution in [0.2, 0.25) is 0 Å². The molecule has 7 heteroatoms. The highest BCUT2D eigenvalue weighted by Crippen LogP contribution is 2.36. The lowest BCUT2D eigenvalue weighted by Gasteiger charge is -2.11. The van der Waals surface area contributed by atoms with Gasteiger partial charge in [0.2, 0.25) is 0 Å². The highest BCUT2D eigenvalue weighted by Gasteiger charge is 2.14. The SMILES string of the molecule is Cc1cc(Sc2cccc(I)c2)cc(C)c1-c1csc(NC(=O)c2ccncc2)n1. The lowest BCUT2D eigenvalue weighted by molar-refractivity contribution is 0.102. The summed E-state index contributed by atoms with van der Waals surface area (Å²) in [4.78, 5) is 23.4. The maximum Gasteiger partial charge on any atom is 0.257 e. The minimum Gasteiger partial charge on any atom is -0.298 e. The molecule has 0 aliphatic rings. The fourth-order valence-electron chi connectivity index (χ4n) is 3.17. The van der Waals surface area contributed by atoms with Gasteiger partial charge >= 0.3 is 0 Å². The first kappa shape index (κ1) is 21.0. The van der Waals surface area contributed by atoms with Gasteiger partial charge in [-0.1, -0.05) is 17.8 Å². The number of thiazole rings is 1. The first-order valence-corrected chi connectivity index (χ1v) is 12.0. The second kappa shape index (κ2) is 9.28. The zero-order valence-corrected chi connectivity index (χ0v) is 20.1. The van der Waals surface area contributed by atoms with E-state index in [2.05, 4.69) is 88.1 Å². The molecule has 0 aliphatic heterocycles. The van der Waals surface area contributed by atoms with Crippen molar-refractivity contribution in [3.05, 3.63) is 86.6 Å². The number of pyridine rings is 1. The molecule has 150 valence electrons. The first-order chi connectivity index (χ1) is 14.5. The predicted octanol–water partition coefficient (Wildman–Crippen LogP) is 6.83. The lowest BCUT2D eigenvalue weighted by Crippen LogP contribution is -2.11. The van der Waals surface area contributed by atoms with Gasteiger partial charge in [0.05, 0.1) is 5.69 Å². The van der Waals surface area contributed by atoms with Crippen molar-refractivity contribution in [1.29, 1.82) is 0 Å². The van der Waals surface area contributed by atoms with Crippen LogP contribution in [0.3, 0.4) is 0 Å². The number of rotatable bonds is 5. The topological polar surface area (TPSA) is 54.9 Å². The van der Waals surface area contributed by atoms with Gasteiger partial charge in [-0.3, -0.25) is 15.1 Å². The molecule has 1 N–H and O–H groups in total. The Hall–Kier alpha value is -2.23. The second-order valence-corrected chi connectivity index (χ2v) is 9.97. The molecule has 1 amide bonds. The van der Waals surface area contributed by atoms with Gasteiger partial charge in [0, 0.05) is 42.3 Å². The van der Waals surface area contributed by atoms with Crippen molar-refractivity contribution < 1.29 is 4.79 Å². The van der Waals surface area contributed by atoms with Crippen LogP contribution in [0.15, 0.2) is 76.1 Å². The number of aromatic nitrogens is 2. The lowest BCUT2D eigenvalue weighted by atomic mass is 10.0. The maximum absolute atomic E-state index is 12.4. The normalized spacial score (nSPS) is 10.8. The van der Waals surface area contributed by atoms with Crippen LogP contribution in [0.5, 0.6) is 0 Å².